The van der Waals surface area contributed by atoms with Gasteiger partial charge in [-0.1, -0.05) is 6.07 Å². The number of esters is 2. The average molecular weight is 426 g/mol. The third-order valence-corrected chi connectivity index (χ3v) is 4.60. The van der Waals surface area contributed by atoms with Crippen LogP contribution in [0.25, 0.3) is 6.08 Å². The van der Waals surface area contributed by atoms with Gasteiger partial charge in [0.25, 0.3) is 0 Å². The molecule has 8 heteroatoms. The zero-order valence-corrected chi connectivity index (χ0v) is 17.9. The lowest BCUT2D eigenvalue weighted by Gasteiger charge is -2.14. The van der Waals surface area contributed by atoms with Crippen molar-refractivity contribution in [2.24, 2.45) is 0 Å². The summed E-state index contributed by atoms with van der Waals surface area (Å²) in [6.07, 6.45) is 1.58. The number of carbonyl (C=O) groups excluding carboxylic acids is 3. The van der Waals surface area contributed by atoms with E-state index in [0.717, 1.165) is 0 Å². The highest BCUT2D eigenvalue weighted by Crippen LogP contribution is 2.42. The Morgan fingerprint density at radius 3 is 2.35 bits per heavy atom. The number of rotatable bonds is 6. The second-order valence-electron chi connectivity index (χ2n) is 6.79. The molecule has 0 spiro atoms. The molecule has 8 nitrogen and oxygen atoms in total. The SMILES string of the molecule is COc1ccc(/C=C2\Oc3c(cc(COC(C)=O)c(OC(C)=O)c3C)C2=O)cc1OC. The molecule has 2 aromatic carbocycles. The summed E-state index contributed by atoms with van der Waals surface area (Å²) in [5.41, 5.74) is 1.82. The number of carbonyl (C=O) groups is 3. The monoisotopic (exact) mass is 426 g/mol. The molecular formula is C23H22O8. The summed E-state index contributed by atoms with van der Waals surface area (Å²) < 4.78 is 26.7. The van der Waals surface area contributed by atoms with Crippen LogP contribution in [0.1, 0.15) is 40.9 Å². The Balaban J connectivity index is 2.02. The molecular weight excluding hydrogens is 404 g/mol. The Kier molecular flexibility index (Phi) is 6.29. The smallest absolute Gasteiger partial charge is 0.308 e. The standard InChI is InChI=1S/C23H22O8/c1-12-22(30-14(3)25)16(11-29-13(2)24)10-17-21(26)20(31-23(12)17)9-15-6-7-18(27-4)19(8-15)28-5/h6-10H,11H2,1-5H3/b20-9-. The fraction of sp³-hybridized carbons (Fsp3) is 0.261. The summed E-state index contributed by atoms with van der Waals surface area (Å²) >= 11 is 0. The fourth-order valence-corrected chi connectivity index (χ4v) is 3.20. The van der Waals surface area contributed by atoms with Crippen molar-refractivity contribution in [1.82, 2.24) is 0 Å². The molecule has 162 valence electrons. The number of allylic oxidation sites excluding steroid dienone is 1. The van der Waals surface area contributed by atoms with E-state index in [2.05, 4.69) is 0 Å². The van der Waals surface area contributed by atoms with Gasteiger partial charge in [0.1, 0.15) is 18.1 Å². The first kappa shape index (κ1) is 21.9. The fourth-order valence-electron chi connectivity index (χ4n) is 3.20. The number of fused-ring (bicyclic) bond motifs is 1. The van der Waals surface area contributed by atoms with E-state index in [0.29, 0.717) is 39.5 Å². The van der Waals surface area contributed by atoms with Crippen LogP contribution in [0, 0.1) is 6.92 Å². The van der Waals surface area contributed by atoms with E-state index in [9.17, 15) is 14.4 Å². The quantitative estimate of drug-likeness (QED) is 0.393. The van der Waals surface area contributed by atoms with Gasteiger partial charge in [0.2, 0.25) is 5.78 Å². The highest BCUT2D eigenvalue weighted by molar-refractivity contribution is 6.15. The Hall–Kier alpha value is -3.81. The van der Waals surface area contributed by atoms with Crippen molar-refractivity contribution in [2.45, 2.75) is 27.4 Å². The first-order chi connectivity index (χ1) is 14.7. The molecule has 0 saturated carbocycles. The van der Waals surface area contributed by atoms with Crippen LogP contribution in [0.3, 0.4) is 0 Å². The number of ketones is 1. The van der Waals surface area contributed by atoms with Crippen molar-refractivity contribution in [2.75, 3.05) is 14.2 Å². The molecule has 0 amide bonds. The van der Waals surface area contributed by atoms with E-state index < -0.39 is 11.9 Å². The summed E-state index contributed by atoms with van der Waals surface area (Å²) in [4.78, 5) is 35.8. The van der Waals surface area contributed by atoms with Crippen LogP contribution >= 0.6 is 0 Å². The van der Waals surface area contributed by atoms with Crippen LogP contribution in [-0.2, 0) is 20.9 Å². The zero-order valence-electron chi connectivity index (χ0n) is 17.9. The molecule has 0 aliphatic carbocycles. The predicted octanol–water partition coefficient (Wildman–Crippen LogP) is 3.62. The minimum Gasteiger partial charge on any atom is -0.493 e. The second-order valence-corrected chi connectivity index (χ2v) is 6.79. The lowest BCUT2D eigenvalue weighted by molar-refractivity contribution is -0.142. The summed E-state index contributed by atoms with van der Waals surface area (Å²) in [7, 11) is 3.06. The summed E-state index contributed by atoms with van der Waals surface area (Å²) in [5.74, 6) is 0.281. The van der Waals surface area contributed by atoms with Crippen molar-refractivity contribution in [3.05, 3.63) is 52.3 Å². The maximum atomic E-state index is 13.0. The van der Waals surface area contributed by atoms with Gasteiger partial charge in [-0.2, -0.15) is 0 Å². The number of hydrogen-bond donors (Lipinski definition) is 0. The van der Waals surface area contributed by atoms with E-state index in [1.807, 2.05) is 0 Å². The molecule has 0 atom stereocenters. The molecule has 0 aromatic heterocycles. The maximum Gasteiger partial charge on any atom is 0.308 e. The molecule has 0 radical (unpaired) electrons. The number of ether oxygens (including phenoxy) is 5. The molecule has 1 aliphatic rings. The summed E-state index contributed by atoms with van der Waals surface area (Å²) in [5, 5.41) is 0. The van der Waals surface area contributed by atoms with Gasteiger partial charge < -0.3 is 23.7 Å². The highest BCUT2D eigenvalue weighted by Gasteiger charge is 2.32. The van der Waals surface area contributed by atoms with Crippen LogP contribution in [0.5, 0.6) is 23.0 Å². The third kappa shape index (κ3) is 4.53. The summed E-state index contributed by atoms with van der Waals surface area (Å²) in [6, 6.07) is 6.71. The molecule has 1 heterocycles. The lowest BCUT2D eigenvalue weighted by Crippen LogP contribution is -2.09. The number of benzene rings is 2. The van der Waals surface area contributed by atoms with E-state index in [1.165, 1.54) is 34.1 Å². The first-order valence-corrected chi connectivity index (χ1v) is 9.39. The van der Waals surface area contributed by atoms with Crippen molar-refractivity contribution < 1.29 is 38.1 Å². The molecule has 0 fully saturated rings. The molecule has 2 aromatic rings. The minimum atomic E-state index is -0.544. The molecule has 3 rings (SSSR count). The first-order valence-electron chi connectivity index (χ1n) is 9.39. The van der Waals surface area contributed by atoms with E-state index >= 15 is 0 Å². The Morgan fingerprint density at radius 1 is 1.03 bits per heavy atom. The number of Topliss-reactive ketones (excluding diaryl/α,β-unsaturated/α-hetero) is 1. The van der Waals surface area contributed by atoms with E-state index in [4.69, 9.17) is 23.7 Å². The van der Waals surface area contributed by atoms with Crippen LogP contribution < -0.4 is 18.9 Å². The predicted molar refractivity (Wildman–Crippen MR) is 110 cm³/mol. The van der Waals surface area contributed by atoms with Crippen molar-refractivity contribution >= 4 is 23.8 Å². The van der Waals surface area contributed by atoms with Crippen molar-refractivity contribution in [1.29, 1.82) is 0 Å². The van der Waals surface area contributed by atoms with Crippen molar-refractivity contribution in [3.63, 3.8) is 0 Å². The van der Waals surface area contributed by atoms with Gasteiger partial charge in [-0.25, -0.2) is 0 Å². The third-order valence-electron chi connectivity index (χ3n) is 4.60. The number of methoxy groups -OCH3 is 2. The normalized spacial score (nSPS) is 13.5. The van der Waals surface area contributed by atoms with Gasteiger partial charge in [0.05, 0.1) is 19.8 Å². The van der Waals surface area contributed by atoms with Gasteiger partial charge in [-0.05, 0) is 36.8 Å². The van der Waals surface area contributed by atoms with Crippen LogP contribution in [0.2, 0.25) is 0 Å². The van der Waals surface area contributed by atoms with Crippen LogP contribution in [0.4, 0.5) is 0 Å². The Morgan fingerprint density at radius 2 is 1.74 bits per heavy atom. The molecule has 0 N–H and O–H groups in total. The topological polar surface area (TPSA) is 97.4 Å². The Labute approximate surface area is 179 Å². The van der Waals surface area contributed by atoms with Gasteiger partial charge in [-0.3, -0.25) is 14.4 Å². The molecule has 0 saturated heterocycles. The molecule has 0 unspecified atom stereocenters. The average Bonchev–Trinajstić information content (AvgIpc) is 3.04. The highest BCUT2D eigenvalue weighted by atomic mass is 16.5. The van der Waals surface area contributed by atoms with Gasteiger partial charge in [-0.15, -0.1) is 0 Å². The van der Waals surface area contributed by atoms with Gasteiger partial charge in [0, 0.05) is 25.0 Å². The maximum absolute atomic E-state index is 13.0. The molecule has 0 bridgehead atoms. The van der Waals surface area contributed by atoms with Crippen LogP contribution in [-0.4, -0.2) is 31.9 Å². The minimum absolute atomic E-state index is 0.101. The Bertz CT molecular complexity index is 1100. The zero-order chi connectivity index (χ0) is 22.7. The van der Waals surface area contributed by atoms with E-state index in [-0.39, 0.29) is 23.9 Å². The number of hydrogen-bond acceptors (Lipinski definition) is 8. The largest absolute Gasteiger partial charge is 0.493 e. The van der Waals surface area contributed by atoms with E-state index in [1.54, 1.807) is 31.2 Å². The summed E-state index contributed by atoms with van der Waals surface area (Å²) in [6.45, 7) is 4.05. The molecule has 1 aliphatic heterocycles. The van der Waals surface area contributed by atoms with Gasteiger partial charge in [0.15, 0.2) is 17.3 Å². The second kappa shape index (κ2) is 8.91. The van der Waals surface area contributed by atoms with Crippen LogP contribution in [0.15, 0.2) is 30.0 Å². The lowest BCUT2D eigenvalue weighted by atomic mass is 10.0. The molecule has 31 heavy (non-hydrogen) atoms. The van der Waals surface area contributed by atoms with Crippen molar-refractivity contribution in [3.8, 4) is 23.0 Å². The van der Waals surface area contributed by atoms with Gasteiger partial charge >= 0.3 is 11.9 Å².